The zero-order valence-electron chi connectivity index (χ0n) is 13.3. The molecule has 0 atom stereocenters. The summed E-state index contributed by atoms with van der Waals surface area (Å²) in [6.45, 7) is 2.39. The van der Waals surface area contributed by atoms with E-state index in [1.165, 1.54) is 0 Å². The number of rotatable bonds is 5. The molecule has 0 fully saturated rings. The molecule has 6 heteroatoms. The molecule has 1 N–H and O–H groups in total. The van der Waals surface area contributed by atoms with Gasteiger partial charge in [0.2, 0.25) is 0 Å². The van der Waals surface area contributed by atoms with Gasteiger partial charge in [-0.05, 0) is 31.2 Å². The lowest BCUT2D eigenvalue weighted by atomic mass is 10.2. The van der Waals surface area contributed by atoms with E-state index in [0.717, 1.165) is 5.69 Å². The Morgan fingerprint density at radius 2 is 2.04 bits per heavy atom. The third-order valence-corrected chi connectivity index (χ3v) is 3.63. The van der Waals surface area contributed by atoms with Crippen molar-refractivity contribution in [3.05, 3.63) is 48.5 Å². The number of nitrogens with zero attached hydrogens (tertiary/aromatic N) is 1. The minimum Gasteiger partial charge on any atom is -0.484 e. The summed E-state index contributed by atoms with van der Waals surface area (Å²) in [7, 11) is 0. The van der Waals surface area contributed by atoms with Crippen molar-refractivity contribution < 1.29 is 19.1 Å². The van der Waals surface area contributed by atoms with E-state index in [4.69, 9.17) is 9.47 Å². The molecule has 0 saturated heterocycles. The molecule has 1 aliphatic rings. The van der Waals surface area contributed by atoms with Crippen LogP contribution in [0.15, 0.2) is 48.5 Å². The summed E-state index contributed by atoms with van der Waals surface area (Å²) in [6.07, 6.45) is 0. The molecule has 6 nitrogen and oxygen atoms in total. The lowest BCUT2D eigenvalue weighted by molar-refractivity contribution is -0.120. The Balaban J connectivity index is 1.66. The van der Waals surface area contributed by atoms with Crippen LogP contribution in [0, 0.1) is 0 Å². The lowest BCUT2D eigenvalue weighted by Gasteiger charge is -2.22. The second kappa shape index (κ2) is 7.04. The third-order valence-electron chi connectivity index (χ3n) is 3.63. The van der Waals surface area contributed by atoms with Crippen molar-refractivity contribution in [2.45, 2.75) is 6.92 Å². The van der Waals surface area contributed by atoms with E-state index in [0.29, 0.717) is 23.7 Å². The van der Waals surface area contributed by atoms with Gasteiger partial charge in [0.05, 0.1) is 5.69 Å². The van der Waals surface area contributed by atoms with Gasteiger partial charge in [0.1, 0.15) is 11.5 Å². The van der Waals surface area contributed by atoms with Crippen molar-refractivity contribution in [2.24, 2.45) is 0 Å². The predicted octanol–water partition coefficient (Wildman–Crippen LogP) is 2.45. The van der Waals surface area contributed by atoms with Crippen LogP contribution in [0.2, 0.25) is 0 Å². The smallest absolute Gasteiger partial charge is 0.264 e. The van der Waals surface area contributed by atoms with Gasteiger partial charge in [-0.25, -0.2) is 0 Å². The van der Waals surface area contributed by atoms with Crippen LogP contribution in [0.5, 0.6) is 11.5 Å². The highest BCUT2D eigenvalue weighted by Gasteiger charge is 2.18. The molecule has 24 heavy (non-hydrogen) atoms. The fourth-order valence-corrected chi connectivity index (χ4v) is 2.49. The van der Waals surface area contributed by atoms with Crippen molar-refractivity contribution in [3.8, 4) is 11.5 Å². The molecule has 124 valence electrons. The van der Waals surface area contributed by atoms with Gasteiger partial charge in [-0.1, -0.05) is 18.2 Å². The normalized spacial score (nSPS) is 12.6. The number of amides is 2. The second-order valence-corrected chi connectivity index (χ2v) is 5.26. The number of fused-ring (bicyclic) bond motifs is 1. The quantitative estimate of drug-likeness (QED) is 0.916. The van der Waals surface area contributed by atoms with Crippen LogP contribution in [0.25, 0.3) is 0 Å². The summed E-state index contributed by atoms with van der Waals surface area (Å²) >= 11 is 0. The molecule has 0 bridgehead atoms. The molecule has 0 radical (unpaired) electrons. The van der Waals surface area contributed by atoms with E-state index in [9.17, 15) is 9.59 Å². The van der Waals surface area contributed by atoms with Crippen LogP contribution in [-0.2, 0) is 9.59 Å². The van der Waals surface area contributed by atoms with Crippen molar-refractivity contribution in [1.29, 1.82) is 0 Å². The molecule has 0 unspecified atom stereocenters. The first kappa shape index (κ1) is 15.9. The summed E-state index contributed by atoms with van der Waals surface area (Å²) < 4.78 is 10.9. The molecule has 0 saturated carbocycles. The number of nitrogens with one attached hydrogen (secondary N) is 1. The number of likely N-dealkylation sites (N-methyl/N-ethyl adjacent to an activating group) is 1. The molecular weight excluding hydrogens is 308 g/mol. The fraction of sp³-hybridized carbons (Fsp3) is 0.222. The van der Waals surface area contributed by atoms with Crippen LogP contribution in [0.4, 0.5) is 11.4 Å². The molecule has 0 aromatic heterocycles. The fourth-order valence-electron chi connectivity index (χ4n) is 2.49. The molecule has 0 spiro atoms. The minimum atomic E-state index is -0.211. The molecule has 3 rings (SSSR count). The van der Waals surface area contributed by atoms with Crippen molar-refractivity contribution in [3.63, 3.8) is 0 Å². The second-order valence-electron chi connectivity index (χ2n) is 5.26. The van der Waals surface area contributed by atoms with Gasteiger partial charge in [0, 0.05) is 18.3 Å². The molecule has 2 amide bonds. The monoisotopic (exact) mass is 326 g/mol. The summed E-state index contributed by atoms with van der Waals surface area (Å²) in [5.74, 6) is 0.739. The number of anilines is 2. The number of benzene rings is 2. The molecule has 0 aliphatic carbocycles. The minimum absolute atomic E-state index is 0.00816. The molecule has 2 aromatic carbocycles. The first-order valence-electron chi connectivity index (χ1n) is 7.72. The SMILES string of the molecule is CCN(C(=O)COc1ccc2c(c1)NC(=O)CO2)c1ccccc1. The van der Waals surface area contributed by atoms with Crippen LogP contribution in [-0.4, -0.2) is 31.6 Å². The van der Waals surface area contributed by atoms with Gasteiger partial charge in [0.15, 0.2) is 13.2 Å². The zero-order chi connectivity index (χ0) is 16.9. The molecular formula is C18H18N2O4. The van der Waals surface area contributed by atoms with E-state index in [2.05, 4.69) is 5.32 Å². The van der Waals surface area contributed by atoms with E-state index >= 15 is 0 Å². The number of para-hydroxylation sites is 1. The summed E-state index contributed by atoms with van der Waals surface area (Å²) in [6, 6.07) is 14.5. The van der Waals surface area contributed by atoms with Gasteiger partial charge in [-0.15, -0.1) is 0 Å². The average Bonchev–Trinajstić information content (AvgIpc) is 2.61. The van der Waals surface area contributed by atoms with Crippen LogP contribution >= 0.6 is 0 Å². The van der Waals surface area contributed by atoms with Crippen LogP contribution in [0.1, 0.15) is 6.92 Å². The van der Waals surface area contributed by atoms with Crippen molar-refractivity contribution >= 4 is 23.2 Å². The Morgan fingerprint density at radius 1 is 1.25 bits per heavy atom. The Morgan fingerprint density at radius 3 is 2.79 bits per heavy atom. The standard InChI is InChI=1S/C18H18N2O4/c1-2-20(13-6-4-3-5-7-13)18(22)12-23-14-8-9-16-15(10-14)19-17(21)11-24-16/h3-10H,2,11-12H2,1H3,(H,19,21). The van der Waals surface area contributed by atoms with Crippen LogP contribution in [0.3, 0.4) is 0 Å². The molecule has 1 aliphatic heterocycles. The van der Waals surface area contributed by atoms with E-state index in [1.54, 1.807) is 23.1 Å². The van der Waals surface area contributed by atoms with Gasteiger partial charge in [-0.2, -0.15) is 0 Å². The van der Waals surface area contributed by atoms with Gasteiger partial charge < -0.3 is 19.7 Å². The van der Waals surface area contributed by atoms with E-state index in [-0.39, 0.29) is 25.0 Å². The first-order valence-corrected chi connectivity index (χ1v) is 7.72. The van der Waals surface area contributed by atoms with Crippen LogP contribution < -0.4 is 19.7 Å². The highest BCUT2D eigenvalue weighted by atomic mass is 16.5. The van der Waals surface area contributed by atoms with Gasteiger partial charge in [-0.3, -0.25) is 9.59 Å². The first-order chi connectivity index (χ1) is 11.7. The van der Waals surface area contributed by atoms with E-state index < -0.39 is 0 Å². The summed E-state index contributed by atoms with van der Waals surface area (Å²) in [5.41, 5.74) is 1.38. The lowest BCUT2D eigenvalue weighted by Crippen LogP contribution is -2.34. The maximum absolute atomic E-state index is 12.4. The van der Waals surface area contributed by atoms with Crippen molar-refractivity contribution in [1.82, 2.24) is 0 Å². The number of hydrogen-bond donors (Lipinski definition) is 1. The summed E-state index contributed by atoms with van der Waals surface area (Å²) in [4.78, 5) is 25.4. The number of carbonyl (C=O) groups is 2. The summed E-state index contributed by atoms with van der Waals surface area (Å²) in [5, 5.41) is 2.71. The van der Waals surface area contributed by atoms with E-state index in [1.807, 2.05) is 37.3 Å². The largest absolute Gasteiger partial charge is 0.484 e. The molecule has 2 aromatic rings. The Bertz CT molecular complexity index is 746. The third kappa shape index (κ3) is 3.48. The Hall–Kier alpha value is -3.02. The van der Waals surface area contributed by atoms with Crippen molar-refractivity contribution in [2.75, 3.05) is 30.0 Å². The maximum atomic E-state index is 12.4. The average molecular weight is 326 g/mol. The molecule has 1 heterocycles. The number of carbonyl (C=O) groups excluding carboxylic acids is 2. The zero-order valence-corrected chi connectivity index (χ0v) is 13.3. The number of ether oxygens (including phenoxy) is 2. The predicted molar refractivity (Wildman–Crippen MR) is 90.5 cm³/mol. The highest BCUT2D eigenvalue weighted by Crippen LogP contribution is 2.31. The Labute approximate surface area is 140 Å². The topological polar surface area (TPSA) is 67.9 Å². The Kier molecular flexibility index (Phi) is 4.65. The number of hydrogen-bond acceptors (Lipinski definition) is 4. The maximum Gasteiger partial charge on any atom is 0.264 e. The van der Waals surface area contributed by atoms with Gasteiger partial charge >= 0.3 is 0 Å². The van der Waals surface area contributed by atoms with Gasteiger partial charge in [0.25, 0.3) is 11.8 Å². The highest BCUT2D eigenvalue weighted by molar-refractivity contribution is 5.96.